The van der Waals surface area contributed by atoms with Crippen LogP contribution in [0.3, 0.4) is 0 Å². The van der Waals surface area contributed by atoms with Crippen molar-refractivity contribution >= 4 is 27.6 Å². The number of nitrogens with one attached hydrogen (secondary N) is 1. The Balaban J connectivity index is 2.70. The van der Waals surface area contributed by atoms with Crippen LogP contribution in [0, 0.1) is 11.3 Å². The van der Waals surface area contributed by atoms with Gasteiger partial charge in [-0.3, -0.25) is 0 Å². The SMILES string of the molecule is N#Cc1ccc(Cl)c(S(=O)(=O)NCCOCC(=O)O)c1. The highest BCUT2D eigenvalue weighted by atomic mass is 35.5. The van der Waals surface area contributed by atoms with Gasteiger partial charge in [0, 0.05) is 6.54 Å². The van der Waals surface area contributed by atoms with Crippen LogP contribution in [-0.4, -0.2) is 39.3 Å². The molecule has 108 valence electrons. The number of benzene rings is 1. The van der Waals surface area contributed by atoms with Crippen molar-refractivity contribution in [1.82, 2.24) is 4.72 Å². The average Bonchev–Trinajstić information content (AvgIpc) is 2.38. The summed E-state index contributed by atoms with van der Waals surface area (Å²) in [5.74, 6) is -1.14. The van der Waals surface area contributed by atoms with Crippen molar-refractivity contribution in [2.75, 3.05) is 19.8 Å². The van der Waals surface area contributed by atoms with Crippen LogP contribution < -0.4 is 4.72 Å². The number of carbonyl (C=O) groups is 1. The first-order chi connectivity index (χ1) is 9.36. The molecule has 9 heteroatoms. The van der Waals surface area contributed by atoms with Gasteiger partial charge in [-0.05, 0) is 18.2 Å². The number of carboxylic acids is 1. The fourth-order valence-corrected chi connectivity index (χ4v) is 2.80. The van der Waals surface area contributed by atoms with Crippen molar-refractivity contribution in [2.24, 2.45) is 0 Å². The number of nitriles is 1. The molecule has 1 aromatic carbocycles. The summed E-state index contributed by atoms with van der Waals surface area (Å²) >= 11 is 5.78. The smallest absolute Gasteiger partial charge is 0.329 e. The first-order valence-electron chi connectivity index (χ1n) is 5.35. The molecule has 2 N–H and O–H groups in total. The first-order valence-corrected chi connectivity index (χ1v) is 7.22. The third-order valence-corrected chi connectivity index (χ3v) is 4.06. The van der Waals surface area contributed by atoms with Gasteiger partial charge in [-0.1, -0.05) is 11.6 Å². The molecule has 1 rings (SSSR count). The Labute approximate surface area is 120 Å². The zero-order valence-electron chi connectivity index (χ0n) is 10.2. The molecule has 0 spiro atoms. The van der Waals surface area contributed by atoms with E-state index in [-0.39, 0.29) is 28.6 Å². The van der Waals surface area contributed by atoms with Crippen molar-refractivity contribution < 1.29 is 23.1 Å². The highest BCUT2D eigenvalue weighted by Crippen LogP contribution is 2.22. The Bertz CT molecular complexity index is 639. The Morgan fingerprint density at radius 2 is 2.20 bits per heavy atom. The largest absolute Gasteiger partial charge is 0.480 e. The number of rotatable bonds is 7. The molecule has 0 aliphatic rings. The number of hydrogen-bond donors (Lipinski definition) is 2. The Hall–Kier alpha value is -1.66. The van der Waals surface area contributed by atoms with Crippen LogP contribution in [0.25, 0.3) is 0 Å². The lowest BCUT2D eigenvalue weighted by atomic mass is 10.2. The maximum Gasteiger partial charge on any atom is 0.329 e. The maximum atomic E-state index is 11.9. The molecule has 0 radical (unpaired) electrons. The molecule has 20 heavy (non-hydrogen) atoms. The highest BCUT2D eigenvalue weighted by molar-refractivity contribution is 7.89. The summed E-state index contributed by atoms with van der Waals surface area (Å²) in [6.07, 6.45) is 0. The zero-order chi connectivity index (χ0) is 15.2. The minimum absolute atomic E-state index is 0.0112. The summed E-state index contributed by atoms with van der Waals surface area (Å²) in [4.78, 5) is 9.97. The minimum atomic E-state index is -3.88. The standard InChI is InChI=1S/C11H11ClN2O5S/c12-9-2-1-8(6-13)5-10(9)20(17,18)14-3-4-19-7-11(15)16/h1-2,5,14H,3-4,7H2,(H,15,16). The zero-order valence-corrected chi connectivity index (χ0v) is 11.7. The van der Waals surface area contributed by atoms with Gasteiger partial charge >= 0.3 is 5.97 Å². The summed E-state index contributed by atoms with van der Waals surface area (Å²) in [6, 6.07) is 5.69. The number of hydrogen-bond acceptors (Lipinski definition) is 5. The number of halogens is 1. The van der Waals surface area contributed by atoms with Crippen LogP contribution in [0.2, 0.25) is 5.02 Å². The monoisotopic (exact) mass is 318 g/mol. The Morgan fingerprint density at radius 3 is 2.80 bits per heavy atom. The third kappa shape index (κ3) is 4.79. The molecule has 0 aliphatic heterocycles. The molecule has 0 heterocycles. The van der Waals surface area contributed by atoms with Gasteiger partial charge in [0.25, 0.3) is 0 Å². The fourth-order valence-electron chi connectivity index (χ4n) is 1.26. The summed E-state index contributed by atoms with van der Waals surface area (Å²) in [5.41, 5.74) is 0.164. The van der Waals surface area contributed by atoms with Gasteiger partial charge in [0.1, 0.15) is 11.5 Å². The van der Waals surface area contributed by atoms with E-state index >= 15 is 0 Å². The van der Waals surface area contributed by atoms with E-state index < -0.39 is 22.6 Å². The number of aliphatic carboxylic acids is 1. The Kier molecular flexibility index (Phi) is 5.91. The Morgan fingerprint density at radius 1 is 1.50 bits per heavy atom. The highest BCUT2D eigenvalue weighted by Gasteiger charge is 2.18. The predicted molar refractivity (Wildman–Crippen MR) is 69.8 cm³/mol. The van der Waals surface area contributed by atoms with Gasteiger partial charge < -0.3 is 9.84 Å². The van der Waals surface area contributed by atoms with Crippen LogP contribution in [-0.2, 0) is 19.6 Å². The van der Waals surface area contributed by atoms with Crippen LogP contribution >= 0.6 is 11.6 Å². The second kappa shape index (κ2) is 7.21. The topological polar surface area (TPSA) is 116 Å². The van der Waals surface area contributed by atoms with Crippen molar-refractivity contribution in [3.8, 4) is 6.07 Å². The molecule has 0 fully saturated rings. The molecule has 7 nitrogen and oxygen atoms in total. The molecule has 0 amide bonds. The van der Waals surface area contributed by atoms with Crippen LogP contribution in [0.5, 0.6) is 0 Å². The quantitative estimate of drug-likeness (QED) is 0.711. The van der Waals surface area contributed by atoms with Crippen LogP contribution in [0.15, 0.2) is 23.1 Å². The average molecular weight is 319 g/mol. The normalized spacial score (nSPS) is 11.0. The second-order valence-electron chi connectivity index (χ2n) is 3.60. The van der Waals surface area contributed by atoms with Crippen molar-refractivity contribution in [2.45, 2.75) is 4.90 Å². The molecule has 0 saturated heterocycles. The van der Waals surface area contributed by atoms with E-state index in [9.17, 15) is 13.2 Å². The number of ether oxygens (including phenoxy) is 1. The van der Waals surface area contributed by atoms with E-state index in [1.165, 1.54) is 12.1 Å². The van der Waals surface area contributed by atoms with E-state index in [1.54, 1.807) is 0 Å². The van der Waals surface area contributed by atoms with Crippen molar-refractivity contribution in [3.63, 3.8) is 0 Å². The van der Waals surface area contributed by atoms with Crippen molar-refractivity contribution in [1.29, 1.82) is 5.26 Å². The second-order valence-corrected chi connectivity index (χ2v) is 5.74. The molecular formula is C11H11ClN2O5S. The van der Waals surface area contributed by atoms with E-state index in [0.717, 1.165) is 6.07 Å². The summed E-state index contributed by atoms with van der Waals surface area (Å²) in [7, 11) is -3.88. The number of carboxylic acid groups (broad SMARTS) is 1. The summed E-state index contributed by atoms with van der Waals surface area (Å²) < 4.78 is 30.8. The van der Waals surface area contributed by atoms with Crippen molar-refractivity contribution in [3.05, 3.63) is 28.8 Å². The van der Waals surface area contributed by atoms with Gasteiger partial charge in [-0.15, -0.1) is 0 Å². The molecule has 1 aromatic rings. The van der Waals surface area contributed by atoms with Gasteiger partial charge in [-0.2, -0.15) is 5.26 Å². The fraction of sp³-hybridized carbons (Fsp3) is 0.273. The molecular weight excluding hydrogens is 308 g/mol. The summed E-state index contributed by atoms with van der Waals surface area (Å²) in [6.45, 7) is -0.712. The van der Waals surface area contributed by atoms with Gasteiger partial charge in [0.05, 0.1) is 23.3 Å². The first kappa shape index (κ1) is 16.4. The van der Waals surface area contributed by atoms with E-state index in [4.69, 9.17) is 22.0 Å². The van der Waals surface area contributed by atoms with Crippen LogP contribution in [0.1, 0.15) is 5.56 Å². The van der Waals surface area contributed by atoms with Crippen LogP contribution in [0.4, 0.5) is 0 Å². The predicted octanol–water partition coefficient (Wildman–Crippen LogP) is 0.591. The molecule has 0 aromatic heterocycles. The minimum Gasteiger partial charge on any atom is -0.480 e. The van der Waals surface area contributed by atoms with Gasteiger partial charge in [0.2, 0.25) is 10.0 Å². The number of nitrogens with zero attached hydrogens (tertiary/aromatic N) is 1. The van der Waals surface area contributed by atoms with E-state index in [0.29, 0.717) is 0 Å². The molecule has 0 atom stereocenters. The van der Waals surface area contributed by atoms with Gasteiger partial charge in [-0.25, -0.2) is 17.9 Å². The molecule has 0 bridgehead atoms. The van der Waals surface area contributed by atoms with Gasteiger partial charge in [0.15, 0.2) is 0 Å². The summed E-state index contributed by atoms with van der Waals surface area (Å²) in [5, 5.41) is 17.1. The third-order valence-electron chi connectivity index (χ3n) is 2.11. The lowest BCUT2D eigenvalue weighted by molar-refractivity contribution is -0.142. The molecule has 0 saturated carbocycles. The lowest BCUT2D eigenvalue weighted by Crippen LogP contribution is -2.28. The van der Waals surface area contributed by atoms with E-state index in [1.807, 2.05) is 6.07 Å². The van der Waals surface area contributed by atoms with E-state index in [2.05, 4.69) is 9.46 Å². The number of sulfonamides is 1. The molecule has 0 aliphatic carbocycles. The maximum absolute atomic E-state index is 11.9. The molecule has 0 unspecified atom stereocenters. The lowest BCUT2D eigenvalue weighted by Gasteiger charge is -2.08.